The van der Waals surface area contributed by atoms with E-state index in [0.29, 0.717) is 5.56 Å². The highest BCUT2D eigenvalue weighted by Crippen LogP contribution is 2.40. The van der Waals surface area contributed by atoms with Gasteiger partial charge in [-0.25, -0.2) is 4.79 Å². The van der Waals surface area contributed by atoms with Crippen molar-refractivity contribution in [3.63, 3.8) is 0 Å². The van der Waals surface area contributed by atoms with Crippen LogP contribution in [0.15, 0.2) is 90.0 Å². The second kappa shape index (κ2) is 14.4. The lowest BCUT2D eigenvalue weighted by molar-refractivity contribution is -0.208. The summed E-state index contributed by atoms with van der Waals surface area (Å²) in [6, 6.07) is 25.1. The van der Waals surface area contributed by atoms with Crippen LogP contribution in [0.1, 0.15) is 40.4 Å². The van der Waals surface area contributed by atoms with Gasteiger partial charge in [-0.2, -0.15) is 0 Å². The molecule has 1 fully saturated rings. The number of azide groups is 1. The van der Waals surface area contributed by atoms with Crippen molar-refractivity contribution in [1.29, 1.82) is 0 Å². The smallest absolute Gasteiger partial charge is 0.338 e. The molecule has 1 saturated heterocycles. The summed E-state index contributed by atoms with van der Waals surface area (Å²) in [5.41, 5.74) is 11.4. The summed E-state index contributed by atoms with van der Waals surface area (Å²) in [4.78, 5) is 27.7. The Hall–Kier alpha value is -4.21. The van der Waals surface area contributed by atoms with Crippen molar-refractivity contribution < 1.29 is 33.3 Å². The number of esters is 2. The van der Waals surface area contributed by atoms with Crippen molar-refractivity contribution in [1.82, 2.24) is 0 Å². The molecule has 0 aromatic heterocycles. The van der Waals surface area contributed by atoms with Crippen LogP contribution in [-0.4, -0.2) is 49.2 Å². The number of benzene rings is 3. The number of hydrogen-bond acceptors (Lipinski definition) is 8. The molecule has 10 heteroatoms. The molecule has 3 aromatic rings. The zero-order chi connectivity index (χ0) is 29.1. The van der Waals surface area contributed by atoms with Gasteiger partial charge in [0.15, 0.2) is 0 Å². The minimum Gasteiger partial charge on any atom is -0.462 e. The van der Waals surface area contributed by atoms with Crippen molar-refractivity contribution >= 4 is 11.9 Å². The van der Waals surface area contributed by atoms with Crippen LogP contribution in [0.5, 0.6) is 0 Å². The van der Waals surface area contributed by atoms with Gasteiger partial charge in [-0.3, -0.25) is 4.79 Å². The third-order valence-electron chi connectivity index (χ3n) is 6.70. The first-order chi connectivity index (χ1) is 19.9. The zero-order valence-electron chi connectivity index (χ0n) is 23.0. The SMILES string of the molecule is CC(=O)OC1O[C@](CCOC(=O)c2ccc(C)cc2)(COCc2ccccc2)[C@@H](OCc2ccccc2)[C@H]1N=[N+]=[N-]. The summed E-state index contributed by atoms with van der Waals surface area (Å²) in [7, 11) is 0. The fourth-order valence-corrected chi connectivity index (χ4v) is 4.66. The van der Waals surface area contributed by atoms with Gasteiger partial charge >= 0.3 is 11.9 Å². The van der Waals surface area contributed by atoms with E-state index in [1.165, 1.54) is 6.92 Å². The van der Waals surface area contributed by atoms with E-state index < -0.39 is 36.0 Å². The van der Waals surface area contributed by atoms with Gasteiger partial charge in [-0.15, -0.1) is 0 Å². The highest BCUT2D eigenvalue weighted by Gasteiger charge is 2.57. The van der Waals surface area contributed by atoms with Gasteiger partial charge in [-0.1, -0.05) is 83.5 Å². The van der Waals surface area contributed by atoms with E-state index in [-0.39, 0.29) is 32.8 Å². The summed E-state index contributed by atoms with van der Waals surface area (Å²) in [5.74, 6) is -1.10. The van der Waals surface area contributed by atoms with Gasteiger partial charge in [0.2, 0.25) is 6.29 Å². The number of hydrogen-bond donors (Lipinski definition) is 0. The van der Waals surface area contributed by atoms with E-state index in [0.717, 1.165) is 16.7 Å². The molecule has 1 aliphatic rings. The second-order valence-corrected chi connectivity index (χ2v) is 9.80. The van der Waals surface area contributed by atoms with Gasteiger partial charge < -0.3 is 23.7 Å². The number of carbonyl (C=O) groups excluding carboxylic acids is 2. The molecule has 0 radical (unpaired) electrons. The number of rotatable bonds is 13. The van der Waals surface area contributed by atoms with E-state index in [1.54, 1.807) is 12.1 Å². The molecule has 0 N–H and O–H groups in total. The highest BCUT2D eigenvalue weighted by molar-refractivity contribution is 5.89. The molecule has 4 rings (SSSR count). The van der Waals surface area contributed by atoms with Crippen LogP contribution in [0.3, 0.4) is 0 Å². The molecule has 4 atom stereocenters. The van der Waals surface area contributed by atoms with Crippen LogP contribution in [0.2, 0.25) is 0 Å². The van der Waals surface area contributed by atoms with Crippen molar-refractivity contribution in [2.24, 2.45) is 5.11 Å². The first-order valence-electron chi connectivity index (χ1n) is 13.3. The third-order valence-corrected chi connectivity index (χ3v) is 6.70. The quantitative estimate of drug-likeness (QED) is 0.114. The van der Waals surface area contributed by atoms with Crippen LogP contribution >= 0.6 is 0 Å². The summed E-state index contributed by atoms with van der Waals surface area (Å²) in [6.07, 6.45) is -2.00. The van der Waals surface area contributed by atoms with E-state index in [4.69, 9.17) is 23.7 Å². The minimum absolute atomic E-state index is 0.0152. The molecule has 0 bridgehead atoms. The Morgan fingerprint density at radius 3 is 2.20 bits per heavy atom. The lowest BCUT2D eigenvalue weighted by atomic mass is 9.91. The Labute approximate surface area is 238 Å². The average molecular weight is 560 g/mol. The molecule has 41 heavy (non-hydrogen) atoms. The van der Waals surface area contributed by atoms with Gasteiger partial charge in [0.25, 0.3) is 0 Å². The molecule has 1 unspecified atom stereocenters. The maximum absolute atomic E-state index is 12.7. The van der Waals surface area contributed by atoms with Crippen LogP contribution in [0.4, 0.5) is 0 Å². The van der Waals surface area contributed by atoms with Gasteiger partial charge in [0, 0.05) is 18.3 Å². The second-order valence-electron chi connectivity index (χ2n) is 9.80. The summed E-state index contributed by atoms with van der Waals surface area (Å²) >= 11 is 0. The monoisotopic (exact) mass is 559 g/mol. The Balaban J connectivity index is 1.59. The maximum Gasteiger partial charge on any atom is 0.338 e. The number of aryl methyl sites for hydroxylation is 1. The molecule has 10 nitrogen and oxygen atoms in total. The Morgan fingerprint density at radius 2 is 1.59 bits per heavy atom. The lowest BCUT2D eigenvalue weighted by Crippen LogP contribution is -2.49. The van der Waals surface area contributed by atoms with Crippen molar-refractivity contribution in [3.8, 4) is 0 Å². The van der Waals surface area contributed by atoms with Crippen LogP contribution < -0.4 is 0 Å². The molecule has 0 aliphatic carbocycles. The zero-order valence-corrected chi connectivity index (χ0v) is 23.0. The maximum atomic E-state index is 12.7. The van der Waals surface area contributed by atoms with Gasteiger partial charge in [0.1, 0.15) is 17.7 Å². The predicted octanol–water partition coefficient (Wildman–Crippen LogP) is 5.68. The summed E-state index contributed by atoms with van der Waals surface area (Å²) in [6.45, 7) is 3.54. The van der Waals surface area contributed by atoms with Crippen molar-refractivity contribution in [3.05, 3.63) is 118 Å². The van der Waals surface area contributed by atoms with E-state index in [9.17, 15) is 15.1 Å². The van der Waals surface area contributed by atoms with Crippen molar-refractivity contribution in [2.45, 2.75) is 57.5 Å². The number of carbonyl (C=O) groups is 2. The molecule has 1 aliphatic heterocycles. The topological polar surface area (TPSA) is 129 Å². The summed E-state index contributed by atoms with van der Waals surface area (Å²) in [5, 5.41) is 3.90. The van der Waals surface area contributed by atoms with Crippen LogP contribution in [0.25, 0.3) is 10.4 Å². The fraction of sp³-hybridized carbons (Fsp3) is 0.355. The Morgan fingerprint density at radius 1 is 0.951 bits per heavy atom. The van der Waals surface area contributed by atoms with Crippen molar-refractivity contribution in [2.75, 3.05) is 13.2 Å². The molecular weight excluding hydrogens is 526 g/mol. The Kier molecular flexibility index (Phi) is 10.5. The largest absolute Gasteiger partial charge is 0.462 e. The minimum atomic E-state index is -1.28. The molecular formula is C31H33N3O7. The molecule has 0 amide bonds. The fourth-order valence-electron chi connectivity index (χ4n) is 4.66. The van der Waals surface area contributed by atoms with E-state index >= 15 is 0 Å². The molecule has 214 valence electrons. The molecule has 1 heterocycles. The standard InChI is InChI=1S/C31H33N3O7/c1-22-13-15-26(16-14-22)29(36)38-18-17-31(21-37-19-24-9-5-3-6-10-24)28(39-20-25-11-7-4-8-12-25)27(33-34-32)30(41-31)40-23(2)35/h3-16,27-28,30H,17-21H2,1-2H3/t27-,28+,30?,31-/m1/s1. The Bertz CT molecular complexity index is 1330. The molecule has 0 spiro atoms. The first kappa shape index (κ1) is 29.8. The first-order valence-corrected chi connectivity index (χ1v) is 13.3. The van der Waals surface area contributed by atoms with Gasteiger partial charge in [0.05, 0.1) is 32.0 Å². The van der Waals surface area contributed by atoms with Gasteiger partial charge in [-0.05, 0) is 35.7 Å². The summed E-state index contributed by atoms with van der Waals surface area (Å²) < 4.78 is 29.8. The van der Waals surface area contributed by atoms with E-state index in [2.05, 4.69) is 10.0 Å². The normalized spacial score (nSPS) is 21.6. The molecule has 0 saturated carbocycles. The number of nitrogens with zero attached hydrogens (tertiary/aromatic N) is 3. The lowest BCUT2D eigenvalue weighted by Gasteiger charge is -2.34. The van der Waals surface area contributed by atoms with Crippen LogP contribution in [-0.2, 0) is 41.7 Å². The highest BCUT2D eigenvalue weighted by atomic mass is 16.7. The predicted molar refractivity (Wildman–Crippen MR) is 149 cm³/mol. The molecule has 3 aromatic carbocycles. The van der Waals surface area contributed by atoms with Crippen LogP contribution in [0, 0.1) is 6.92 Å². The third kappa shape index (κ3) is 8.15. The van der Waals surface area contributed by atoms with E-state index in [1.807, 2.05) is 79.7 Å². The average Bonchev–Trinajstić information content (AvgIpc) is 3.24. The number of ether oxygens (including phenoxy) is 5.